The van der Waals surface area contributed by atoms with Gasteiger partial charge in [-0.2, -0.15) is 0 Å². The van der Waals surface area contributed by atoms with Crippen LogP contribution in [0.4, 0.5) is 0 Å². The zero-order valence-electron chi connectivity index (χ0n) is 8.58. The molecule has 0 radical (unpaired) electrons. The molecular weight excluding hydrogens is 299 g/mol. The zero-order chi connectivity index (χ0) is 10.8. The van der Waals surface area contributed by atoms with E-state index in [4.69, 9.17) is 4.74 Å². The molecule has 0 atom stereocenters. The van der Waals surface area contributed by atoms with E-state index in [1.165, 1.54) is 3.57 Å². The fraction of sp³-hybridized carbons (Fsp3) is 0.231. The quantitative estimate of drug-likeness (QED) is 0.308. The molecule has 1 aromatic carbocycles. The number of hydrogen-bond acceptors (Lipinski definition) is 1. The molecule has 0 aliphatic carbocycles. The monoisotopic (exact) mass is 313 g/mol. The Labute approximate surface area is 102 Å². The first kappa shape index (κ1) is 12.3. The van der Waals surface area contributed by atoms with Gasteiger partial charge in [0.15, 0.2) is 3.93 Å². The van der Waals surface area contributed by atoms with Gasteiger partial charge in [-0.25, -0.2) is 0 Å². The second-order valence-corrected chi connectivity index (χ2v) is 5.10. The third-order valence-corrected chi connectivity index (χ3v) is 3.56. The Kier molecular flexibility index (Phi) is 6.97. The van der Waals surface area contributed by atoms with Gasteiger partial charge in [0.1, 0.15) is 0 Å². The van der Waals surface area contributed by atoms with Gasteiger partial charge < -0.3 is 4.74 Å². The van der Waals surface area contributed by atoms with Gasteiger partial charge in [-0.3, -0.25) is 0 Å². The minimum Gasteiger partial charge on any atom is -0.376 e. The summed E-state index contributed by atoms with van der Waals surface area (Å²) in [6.07, 6.45) is 2.57. The van der Waals surface area contributed by atoms with E-state index >= 15 is 0 Å². The Balaban J connectivity index is 2.14. The Morgan fingerprint density at radius 3 is 2.87 bits per heavy atom. The van der Waals surface area contributed by atoms with Crippen molar-refractivity contribution >= 4 is 0 Å². The average Bonchev–Trinajstić information content (AvgIpc) is 2.29. The van der Waals surface area contributed by atoms with Crippen LogP contribution in [0, 0.1) is 13.4 Å². The van der Waals surface area contributed by atoms with E-state index in [9.17, 15) is 0 Å². The second kappa shape index (κ2) is 8.51. The van der Waals surface area contributed by atoms with E-state index in [0.29, 0.717) is 13.2 Å². The van der Waals surface area contributed by atoms with Crippen LogP contribution in [0.5, 0.6) is 0 Å². The van der Waals surface area contributed by atoms with Crippen LogP contribution in [0.15, 0.2) is 43.0 Å². The lowest BCUT2D eigenvalue weighted by Crippen LogP contribution is -3.59. The predicted molar refractivity (Wildman–Crippen MR) is 58.5 cm³/mol. The number of ether oxygens (including phenoxy) is 1. The maximum Gasteiger partial charge on any atom is 0.419 e. The van der Waals surface area contributed by atoms with Gasteiger partial charge in [-0.15, -0.1) is 6.58 Å². The van der Waals surface area contributed by atoms with Crippen molar-refractivity contribution in [2.24, 2.45) is 0 Å². The van der Waals surface area contributed by atoms with Crippen LogP contribution in [-0.2, 0) is 4.74 Å². The molecule has 0 spiro atoms. The molecule has 0 fully saturated rings. The molecule has 0 aliphatic heterocycles. The fourth-order valence-corrected chi connectivity index (χ4v) is 2.45. The van der Waals surface area contributed by atoms with Crippen molar-refractivity contribution in [1.82, 2.24) is 0 Å². The number of rotatable bonds is 5. The lowest BCUT2D eigenvalue weighted by atomic mass is 10.4. The van der Waals surface area contributed by atoms with Crippen molar-refractivity contribution < 1.29 is 25.9 Å². The number of benzene rings is 1. The van der Waals surface area contributed by atoms with E-state index in [2.05, 4.69) is 40.7 Å². The molecule has 0 bridgehead atoms. The molecule has 1 aromatic rings. The molecule has 0 N–H and O–H groups in total. The van der Waals surface area contributed by atoms with Gasteiger partial charge in [-0.05, 0) is 18.1 Å². The molecule has 78 valence electrons. The average molecular weight is 313 g/mol. The summed E-state index contributed by atoms with van der Waals surface area (Å²) in [6.45, 7) is 4.91. The zero-order valence-corrected chi connectivity index (χ0v) is 10.7. The summed E-state index contributed by atoms with van der Waals surface area (Å²) in [5, 5.41) is 0. The third-order valence-electron chi connectivity index (χ3n) is 1.56. The highest BCUT2D eigenvalue weighted by atomic mass is 127. The first-order valence-electron chi connectivity index (χ1n) is 4.79. The molecule has 0 saturated carbocycles. The van der Waals surface area contributed by atoms with Crippen molar-refractivity contribution in [3.63, 3.8) is 0 Å². The van der Waals surface area contributed by atoms with Gasteiger partial charge >= 0.3 is 21.2 Å². The molecule has 0 unspecified atom stereocenters. The maximum absolute atomic E-state index is 5.23. The van der Waals surface area contributed by atoms with Crippen LogP contribution in [0.25, 0.3) is 0 Å². The van der Waals surface area contributed by atoms with E-state index in [0.717, 1.165) is 6.42 Å². The van der Waals surface area contributed by atoms with Gasteiger partial charge in [0.25, 0.3) is 0 Å². The molecule has 15 heavy (non-hydrogen) atoms. The normalized spacial score (nSPS) is 9.07. The Morgan fingerprint density at radius 2 is 2.13 bits per heavy atom. The molecule has 0 aromatic heterocycles. The van der Waals surface area contributed by atoms with Crippen molar-refractivity contribution in [1.29, 1.82) is 0 Å². The Hall–Kier alpha value is -0.790. The van der Waals surface area contributed by atoms with E-state index in [-0.39, 0.29) is 21.2 Å². The van der Waals surface area contributed by atoms with E-state index < -0.39 is 0 Å². The molecular formula is C13H14IO+. The van der Waals surface area contributed by atoms with E-state index in [1.807, 2.05) is 6.07 Å². The van der Waals surface area contributed by atoms with Crippen molar-refractivity contribution in [3.8, 4) is 9.85 Å². The van der Waals surface area contributed by atoms with Crippen LogP contribution in [0.1, 0.15) is 6.42 Å². The number of halogens is 1. The fourth-order valence-electron chi connectivity index (χ4n) is 0.903. The summed E-state index contributed by atoms with van der Waals surface area (Å²) in [6, 6.07) is 10.4. The third kappa shape index (κ3) is 6.32. The van der Waals surface area contributed by atoms with Gasteiger partial charge in [-0.1, -0.05) is 24.3 Å². The smallest absolute Gasteiger partial charge is 0.376 e. The lowest BCUT2D eigenvalue weighted by Gasteiger charge is -1.92. The standard InChI is InChI=1S/C13H14IO/c1-2-11-15-12-7-6-10-14-13-8-4-3-5-9-13/h2-5,8-9H,1,7,11-12H2/q+1. The summed E-state index contributed by atoms with van der Waals surface area (Å²) < 4.78 is 9.83. The Morgan fingerprint density at radius 1 is 1.33 bits per heavy atom. The first-order chi connectivity index (χ1) is 7.43. The van der Waals surface area contributed by atoms with E-state index in [1.54, 1.807) is 6.08 Å². The number of hydrogen-bond donors (Lipinski definition) is 0. The van der Waals surface area contributed by atoms with Crippen LogP contribution < -0.4 is 21.2 Å². The minimum atomic E-state index is -0.136. The molecule has 1 rings (SSSR count). The largest absolute Gasteiger partial charge is 0.419 e. The molecule has 0 heterocycles. The second-order valence-electron chi connectivity index (χ2n) is 2.77. The summed E-state index contributed by atoms with van der Waals surface area (Å²) in [7, 11) is 0. The van der Waals surface area contributed by atoms with Gasteiger partial charge in [0.2, 0.25) is 3.57 Å². The summed E-state index contributed by atoms with van der Waals surface area (Å²) in [4.78, 5) is 0. The molecule has 0 amide bonds. The molecule has 1 nitrogen and oxygen atoms in total. The molecule has 2 heteroatoms. The van der Waals surface area contributed by atoms with Crippen molar-refractivity contribution in [2.45, 2.75) is 6.42 Å². The maximum atomic E-state index is 5.23. The van der Waals surface area contributed by atoms with Crippen LogP contribution in [0.2, 0.25) is 0 Å². The summed E-state index contributed by atoms with van der Waals surface area (Å²) >= 11 is -0.136. The van der Waals surface area contributed by atoms with Crippen LogP contribution >= 0.6 is 0 Å². The van der Waals surface area contributed by atoms with Crippen LogP contribution in [-0.4, -0.2) is 13.2 Å². The highest BCUT2D eigenvalue weighted by Crippen LogP contribution is 1.82. The lowest BCUT2D eigenvalue weighted by molar-refractivity contribution is -0.535. The minimum absolute atomic E-state index is 0.136. The highest BCUT2D eigenvalue weighted by Gasteiger charge is 2.05. The van der Waals surface area contributed by atoms with Gasteiger partial charge in [0, 0.05) is 6.42 Å². The van der Waals surface area contributed by atoms with Crippen molar-refractivity contribution in [2.75, 3.05) is 13.2 Å². The summed E-state index contributed by atoms with van der Waals surface area (Å²) in [5.41, 5.74) is 0. The van der Waals surface area contributed by atoms with Crippen molar-refractivity contribution in [3.05, 3.63) is 46.6 Å². The van der Waals surface area contributed by atoms with Gasteiger partial charge in [0.05, 0.1) is 13.2 Å². The highest BCUT2D eigenvalue weighted by molar-refractivity contribution is 5.00. The molecule has 0 aliphatic rings. The predicted octanol–water partition coefficient (Wildman–Crippen LogP) is -0.501. The molecule has 0 saturated heterocycles. The summed E-state index contributed by atoms with van der Waals surface area (Å²) in [5.74, 6) is 3.13. The Bertz CT molecular complexity index is 335. The first-order valence-corrected chi connectivity index (χ1v) is 6.94. The van der Waals surface area contributed by atoms with Crippen LogP contribution in [0.3, 0.4) is 0 Å². The topological polar surface area (TPSA) is 9.23 Å². The SMILES string of the molecule is C=CCOCCC#C[I+]c1ccccc1.